The molecule has 0 aromatic heterocycles. The highest BCUT2D eigenvalue weighted by molar-refractivity contribution is 5.87. The lowest BCUT2D eigenvalue weighted by Crippen LogP contribution is -2.19. The van der Waals surface area contributed by atoms with Gasteiger partial charge in [0, 0.05) is 13.1 Å². The Hall–Kier alpha value is -2.13. The van der Waals surface area contributed by atoms with Crippen LogP contribution in [0.2, 0.25) is 0 Å². The van der Waals surface area contributed by atoms with Crippen molar-refractivity contribution in [1.29, 1.82) is 0 Å². The number of likely N-dealkylation sites (tertiary alicyclic amines) is 1. The van der Waals surface area contributed by atoms with Gasteiger partial charge in [-0.15, -0.1) is 0 Å². The normalized spacial score (nSPS) is 18.2. The molecule has 2 aromatic rings. The lowest BCUT2D eigenvalue weighted by molar-refractivity contribution is 0.0697. The van der Waals surface area contributed by atoms with Gasteiger partial charge in [-0.2, -0.15) is 0 Å². The highest BCUT2D eigenvalue weighted by Gasteiger charge is 2.23. The van der Waals surface area contributed by atoms with Crippen LogP contribution >= 0.6 is 0 Å². The fourth-order valence-electron chi connectivity index (χ4n) is 3.28. The van der Waals surface area contributed by atoms with E-state index in [2.05, 4.69) is 36.1 Å². The zero-order valence-electron chi connectivity index (χ0n) is 13.5. The van der Waals surface area contributed by atoms with Gasteiger partial charge in [-0.1, -0.05) is 43.3 Å². The first kappa shape index (κ1) is 15.8. The zero-order chi connectivity index (χ0) is 16.2. The van der Waals surface area contributed by atoms with Crippen LogP contribution in [0.25, 0.3) is 0 Å². The standard InChI is InChI=1S/C20H23NO2/c1-2-15-3-7-17(8-4-15)19-11-12-21(14-19)13-16-5-9-18(10-6-16)20(22)23/h3-10,19H,2,11-14H2,1H3,(H,22,23). The first-order valence-electron chi connectivity index (χ1n) is 8.29. The van der Waals surface area contributed by atoms with Crippen molar-refractivity contribution in [2.24, 2.45) is 0 Å². The van der Waals surface area contributed by atoms with Crippen molar-refractivity contribution in [3.05, 3.63) is 70.8 Å². The Labute approximate surface area is 137 Å². The van der Waals surface area contributed by atoms with Crippen molar-refractivity contribution in [1.82, 2.24) is 4.90 Å². The molecule has 3 nitrogen and oxygen atoms in total. The van der Waals surface area contributed by atoms with Crippen LogP contribution in [0.1, 0.15) is 46.3 Å². The molecule has 1 heterocycles. The van der Waals surface area contributed by atoms with Gasteiger partial charge in [0.25, 0.3) is 0 Å². The lowest BCUT2D eigenvalue weighted by atomic mass is 9.97. The van der Waals surface area contributed by atoms with Gasteiger partial charge in [0.15, 0.2) is 0 Å². The molecule has 1 unspecified atom stereocenters. The number of carbonyl (C=O) groups is 1. The summed E-state index contributed by atoms with van der Waals surface area (Å²) >= 11 is 0. The van der Waals surface area contributed by atoms with Gasteiger partial charge in [0.05, 0.1) is 5.56 Å². The summed E-state index contributed by atoms with van der Waals surface area (Å²) in [5.74, 6) is -0.257. The van der Waals surface area contributed by atoms with Crippen LogP contribution in [0, 0.1) is 0 Å². The van der Waals surface area contributed by atoms with Crippen LogP contribution in [-0.4, -0.2) is 29.1 Å². The molecule has 1 aliphatic heterocycles. The van der Waals surface area contributed by atoms with Gasteiger partial charge in [-0.05, 0) is 54.1 Å². The summed E-state index contributed by atoms with van der Waals surface area (Å²) in [6, 6.07) is 16.2. The Morgan fingerprint density at radius 3 is 2.35 bits per heavy atom. The number of nitrogens with zero attached hydrogens (tertiary/aromatic N) is 1. The summed E-state index contributed by atoms with van der Waals surface area (Å²) < 4.78 is 0. The smallest absolute Gasteiger partial charge is 0.335 e. The minimum Gasteiger partial charge on any atom is -0.478 e. The van der Waals surface area contributed by atoms with E-state index < -0.39 is 5.97 Å². The molecule has 0 aliphatic carbocycles. The molecule has 3 rings (SSSR count). The molecule has 0 radical (unpaired) electrons. The summed E-state index contributed by atoms with van der Waals surface area (Å²) in [5.41, 5.74) is 4.36. The predicted molar refractivity (Wildman–Crippen MR) is 91.9 cm³/mol. The third kappa shape index (κ3) is 3.80. The fourth-order valence-corrected chi connectivity index (χ4v) is 3.28. The lowest BCUT2D eigenvalue weighted by Gasteiger charge is -2.16. The quantitative estimate of drug-likeness (QED) is 0.909. The van der Waals surface area contributed by atoms with E-state index in [9.17, 15) is 4.79 Å². The van der Waals surface area contributed by atoms with Crippen molar-refractivity contribution in [2.75, 3.05) is 13.1 Å². The van der Waals surface area contributed by atoms with Gasteiger partial charge in [0.1, 0.15) is 0 Å². The second-order valence-corrected chi connectivity index (χ2v) is 6.32. The Balaban J connectivity index is 1.59. The highest BCUT2D eigenvalue weighted by Crippen LogP contribution is 2.28. The van der Waals surface area contributed by atoms with Crippen LogP contribution in [0.15, 0.2) is 48.5 Å². The van der Waals surface area contributed by atoms with E-state index in [1.165, 1.54) is 23.1 Å². The summed E-state index contributed by atoms with van der Waals surface area (Å²) in [6.07, 6.45) is 2.28. The largest absolute Gasteiger partial charge is 0.478 e. The Kier molecular flexibility index (Phi) is 4.77. The van der Waals surface area contributed by atoms with Crippen molar-refractivity contribution in [3.63, 3.8) is 0 Å². The molecule has 1 aliphatic rings. The van der Waals surface area contributed by atoms with E-state index in [4.69, 9.17) is 5.11 Å². The Morgan fingerprint density at radius 1 is 1.09 bits per heavy atom. The topological polar surface area (TPSA) is 40.5 Å². The van der Waals surface area contributed by atoms with Crippen LogP contribution in [-0.2, 0) is 13.0 Å². The van der Waals surface area contributed by atoms with Gasteiger partial charge in [0.2, 0.25) is 0 Å². The third-order valence-electron chi connectivity index (χ3n) is 4.74. The maximum absolute atomic E-state index is 10.9. The molecule has 1 atom stereocenters. The first-order chi connectivity index (χ1) is 11.2. The number of hydrogen-bond acceptors (Lipinski definition) is 2. The molecule has 3 heteroatoms. The summed E-state index contributed by atoms with van der Waals surface area (Å²) in [5, 5.41) is 8.95. The molecule has 1 N–H and O–H groups in total. The summed E-state index contributed by atoms with van der Waals surface area (Å²) in [7, 11) is 0. The molecule has 0 saturated carbocycles. The molecule has 1 fully saturated rings. The average molecular weight is 309 g/mol. The van der Waals surface area contributed by atoms with Crippen molar-refractivity contribution < 1.29 is 9.90 Å². The fraction of sp³-hybridized carbons (Fsp3) is 0.350. The van der Waals surface area contributed by atoms with Gasteiger partial charge < -0.3 is 5.11 Å². The minimum absolute atomic E-state index is 0.351. The number of benzene rings is 2. The van der Waals surface area contributed by atoms with E-state index in [1.54, 1.807) is 12.1 Å². The van der Waals surface area contributed by atoms with Crippen LogP contribution in [0.5, 0.6) is 0 Å². The SMILES string of the molecule is CCc1ccc(C2CCN(Cc3ccc(C(=O)O)cc3)C2)cc1. The molecule has 23 heavy (non-hydrogen) atoms. The second kappa shape index (κ2) is 6.97. The number of carboxylic acids is 1. The Bertz CT molecular complexity index is 661. The van der Waals surface area contributed by atoms with Gasteiger partial charge in [-0.25, -0.2) is 4.79 Å². The molecule has 2 aromatic carbocycles. The molecule has 0 amide bonds. The Morgan fingerprint density at radius 2 is 1.74 bits per heavy atom. The van der Waals surface area contributed by atoms with Crippen molar-refractivity contribution >= 4 is 5.97 Å². The maximum atomic E-state index is 10.9. The number of aryl methyl sites for hydroxylation is 1. The zero-order valence-corrected chi connectivity index (χ0v) is 13.5. The molecular weight excluding hydrogens is 286 g/mol. The van der Waals surface area contributed by atoms with Gasteiger partial charge in [-0.3, -0.25) is 4.90 Å². The number of rotatable bonds is 5. The van der Waals surface area contributed by atoms with E-state index >= 15 is 0 Å². The molecule has 1 saturated heterocycles. The van der Waals surface area contributed by atoms with Crippen molar-refractivity contribution in [2.45, 2.75) is 32.2 Å². The molecule has 0 spiro atoms. The van der Waals surface area contributed by atoms with Crippen LogP contribution in [0.3, 0.4) is 0 Å². The minimum atomic E-state index is -0.867. The van der Waals surface area contributed by atoms with Crippen molar-refractivity contribution in [3.8, 4) is 0 Å². The highest BCUT2D eigenvalue weighted by atomic mass is 16.4. The monoisotopic (exact) mass is 309 g/mol. The molecule has 120 valence electrons. The first-order valence-corrected chi connectivity index (χ1v) is 8.29. The summed E-state index contributed by atoms with van der Waals surface area (Å²) in [4.78, 5) is 13.3. The third-order valence-corrected chi connectivity index (χ3v) is 4.74. The summed E-state index contributed by atoms with van der Waals surface area (Å²) in [6.45, 7) is 5.25. The second-order valence-electron chi connectivity index (χ2n) is 6.32. The predicted octanol–water partition coefficient (Wildman–Crippen LogP) is 3.94. The van der Waals surface area contributed by atoms with E-state index in [1.807, 2.05) is 12.1 Å². The van der Waals surface area contributed by atoms with Gasteiger partial charge >= 0.3 is 5.97 Å². The average Bonchev–Trinajstić information content (AvgIpc) is 3.04. The van der Waals surface area contributed by atoms with E-state index in [0.29, 0.717) is 11.5 Å². The van der Waals surface area contributed by atoms with Crippen LogP contribution < -0.4 is 0 Å². The number of aromatic carboxylic acids is 1. The van der Waals surface area contributed by atoms with Crippen LogP contribution in [0.4, 0.5) is 0 Å². The van der Waals surface area contributed by atoms with E-state index in [-0.39, 0.29) is 0 Å². The number of carboxylic acid groups (broad SMARTS) is 1. The molecule has 0 bridgehead atoms. The number of hydrogen-bond donors (Lipinski definition) is 1. The van der Waals surface area contributed by atoms with E-state index in [0.717, 1.165) is 26.1 Å². The maximum Gasteiger partial charge on any atom is 0.335 e. The molecular formula is C20H23NO2.